The molecule has 1 aliphatic heterocycles. The van der Waals surface area contributed by atoms with Gasteiger partial charge >= 0.3 is 0 Å². The molecule has 0 saturated carbocycles. The number of nitrogens with zero attached hydrogens (tertiary/aromatic N) is 2. The molecule has 1 rings (SSSR count). The lowest BCUT2D eigenvalue weighted by Crippen LogP contribution is -2.62. The second-order valence-electron chi connectivity index (χ2n) is 7.65. The van der Waals surface area contributed by atoms with Gasteiger partial charge in [-0.1, -0.05) is 20.8 Å². The van der Waals surface area contributed by atoms with Crippen molar-refractivity contribution in [1.82, 2.24) is 9.80 Å². The maximum Gasteiger partial charge on any atom is 0.0670 e. The molecule has 126 valence electrons. The van der Waals surface area contributed by atoms with E-state index < -0.39 is 0 Å². The molecule has 21 heavy (non-hydrogen) atoms. The molecule has 1 aliphatic rings. The normalized spacial score (nSPS) is 30.6. The van der Waals surface area contributed by atoms with Crippen LogP contribution in [0.5, 0.6) is 0 Å². The topological polar surface area (TPSA) is 41.7 Å². The zero-order chi connectivity index (χ0) is 16.1. The highest BCUT2D eigenvalue weighted by Gasteiger charge is 2.45. The van der Waals surface area contributed by atoms with Crippen LogP contribution < -0.4 is 5.73 Å². The molecule has 0 amide bonds. The van der Waals surface area contributed by atoms with E-state index in [-0.39, 0.29) is 11.1 Å². The quantitative estimate of drug-likeness (QED) is 0.746. The van der Waals surface area contributed by atoms with Crippen LogP contribution in [0.3, 0.4) is 0 Å². The Morgan fingerprint density at radius 2 is 1.90 bits per heavy atom. The summed E-state index contributed by atoms with van der Waals surface area (Å²) in [6.45, 7) is 13.9. The molecular formula is C17H37N3O. The van der Waals surface area contributed by atoms with Crippen LogP contribution in [0.25, 0.3) is 0 Å². The zero-order valence-electron chi connectivity index (χ0n) is 15.1. The van der Waals surface area contributed by atoms with Gasteiger partial charge in [0.1, 0.15) is 0 Å². The minimum absolute atomic E-state index is 0.0229. The van der Waals surface area contributed by atoms with E-state index in [1.54, 1.807) is 0 Å². The van der Waals surface area contributed by atoms with Gasteiger partial charge in [0.25, 0.3) is 0 Å². The van der Waals surface area contributed by atoms with Gasteiger partial charge in [-0.15, -0.1) is 0 Å². The first-order chi connectivity index (χ1) is 9.77. The molecule has 4 nitrogen and oxygen atoms in total. The Labute approximate surface area is 132 Å². The summed E-state index contributed by atoms with van der Waals surface area (Å²) in [6, 6.07) is 0. The van der Waals surface area contributed by atoms with Gasteiger partial charge in [0.05, 0.1) is 5.60 Å². The van der Waals surface area contributed by atoms with E-state index >= 15 is 0 Å². The number of hydrogen-bond donors (Lipinski definition) is 1. The van der Waals surface area contributed by atoms with Crippen LogP contribution in [-0.2, 0) is 4.74 Å². The molecule has 0 aromatic heterocycles. The smallest absolute Gasteiger partial charge is 0.0670 e. The van der Waals surface area contributed by atoms with Crippen molar-refractivity contribution in [3.8, 4) is 0 Å². The van der Waals surface area contributed by atoms with Crippen LogP contribution in [-0.4, -0.2) is 67.8 Å². The summed E-state index contributed by atoms with van der Waals surface area (Å²) in [5.41, 5.74) is 6.36. The Bertz CT molecular complexity index is 308. The predicted molar refractivity (Wildman–Crippen MR) is 90.6 cm³/mol. The summed E-state index contributed by atoms with van der Waals surface area (Å²) < 4.78 is 6.06. The zero-order valence-corrected chi connectivity index (χ0v) is 15.1. The Balaban J connectivity index is 2.92. The molecule has 0 spiro atoms. The predicted octanol–water partition coefficient (Wildman–Crippen LogP) is 2.18. The number of hydrogen-bond acceptors (Lipinski definition) is 4. The third-order valence-electron chi connectivity index (χ3n) is 4.92. The van der Waals surface area contributed by atoms with Crippen LogP contribution >= 0.6 is 0 Å². The first kappa shape index (κ1) is 18.9. The van der Waals surface area contributed by atoms with E-state index in [9.17, 15) is 0 Å². The fourth-order valence-electron chi connectivity index (χ4n) is 3.41. The molecule has 1 heterocycles. The van der Waals surface area contributed by atoms with Crippen molar-refractivity contribution in [1.29, 1.82) is 0 Å². The molecular weight excluding hydrogens is 262 g/mol. The Morgan fingerprint density at radius 1 is 1.24 bits per heavy atom. The fraction of sp³-hybridized carbons (Fsp3) is 1.00. The molecule has 0 bridgehead atoms. The van der Waals surface area contributed by atoms with Gasteiger partial charge in [0.2, 0.25) is 0 Å². The molecule has 1 saturated heterocycles. The van der Waals surface area contributed by atoms with Gasteiger partial charge in [-0.05, 0) is 46.2 Å². The summed E-state index contributed by atoms with van der Waals surface area (Å²) in [5, 5.41) is 0. The van der Waals surface area contributed by atoms with E-state index in [1.165, 1.54) is 0 Å². The molecule has 2 N–H and O–H groups in total. The first-order valence-corrected chi connectivity index (χ1v) is 8.51. The lowest BCUT2D eigenvalue weighted by Gasteiger charge is -2.52. The summed E-state index contributed by atoms with van der Waals surface area (Å²) in [7, 11) is 4.28. The third kappa shape index (κ3) is 5.20. The summed E-state index contributed by atoms with van der Waals surface area (Å²) in [4.78, 5) is 4.91. The molecule has 0 aromatic rings. The van der Waals surface area contributed by atoms with E-state index in [0.717, 1.165) is 52.0 Å². The SMILES string of the molecule is CCC1(C)CC(CN)(N(CCN(C)C)CC(C)C)CCO1. The largest absolute Gasteiger partial charge is 0.375 e. The van der Waals surface area contributed by atoms with Gasteiger partial charge in [-0.25, -0.2) is 0 Å². The third-order valence-corrected chi connectivity index (χ3v) is 4.92. The monoisotopic (exact) mass is 299 g/mol. The van der Waals surface area contributed by atoms with Crippen LogP contribution in [0.15, 0.2) is 0 Å². The molecule has 2 unspecified atom stereocenters. The fourth-order valence-corrected chi connectivity index (χ4v) is 3.41. The Morgan fingerprint density at radius 3 is 2.38 bits per heavy atom. The van der Waals surface area contributed by atoms with Gasteiger partial charge in [0.15, 0.2) is 0 Å². The summed E-state index contributed by atoms with van der Waals surface area (Å²) in [6.07, 6.45) is 3.16. The number of nitrogens with two attached hydrogens (primary N) is 1. The average molecular weight is 300 g/mol. The van der Waals surface area contributed by atoms with E-state index in [4.69, 9.17) is 10.5 Å². The van der Waals surface area contributed by atoms with Crippen LogP contribution in [0.4, 0.5) is 0 Å². The molecule has 0 aliphatic carbocycles. The summed E-state index contributed by atoms with van der Waals surface area (Å²) in [5.74, 6) is 0.659. The lowest BCUT2D eigenvalue weighted by atomic mass is 9.77. The van der Waals surface area contributed by atoms with E-state index in [1.807, 2.05) is 0 Å². The minimum atomic E-state index is -0.0229. The molecule has 0 aromatic carbocycles. The maximum atomic E-state index is 6.29. The van der Waals surface area contributed by atoms with Crippen molar-refractivity contribution < 1.29 is 4.74 Å². The van der Waals surface area contributed by atoms with Crippen LogP contribution in [0.1, 0.15) is 47.0 Å². The minimum Gasteiger partial charge on any atom is -0.375 e. The molecule has 2 atom stereocenters. The van der Waals surface area contributed by atoms with Crippen LogP contribution in [0, 0.1) is 5.92 Å². The Hall–Kier alpha value is -0.160. The highest BCUT2D eigenvalue weighted by atomic mass is 16.5. The highest BCUT2D eigenvalue weighted by molar-refractivity contribution is 5.00. The standard InChI is InChI=1S/C17H37N3O/c1-7-16(4)13-17(14-18,8-11-21-16)20(12-15(2)3)10-9-19(5)6/h15H,7-14,18H2,1-6H3. The number of rotatable bonds is 8. The van der Waals surface area contributed by atoms with Crippen molar-refractivity contribution in [3.63, 3.8) is 0 Å². The second-order valence-corrected chi connectivity index (χ2v) is 7.65. The van der Waals surface area contributed by atoms with Crippen molar-refractivity contribution in [2.45, 2.75) is 58.1 Å². The summed E-state index contributed by atoms with van der Waals surface area (Å²) >= 11 is 0. The molecule has 4 heteroatoms. The van der Waals surface area contributed by atoms with E-state index in [2.05, 4.69) is 51.6 Å². The van der Waals surface area contributed by atoms with Gasteiger partial charge < -0.3 is 15.4 Å². The van der Waals surface area contributed by atoms with Crippen molar-refractivity contribution in [2.75, 3.05) is 46.9 Å². The highest BCUT2D eigenvalue weighted by Crippen LogP contribution is 2.38. The lowest BCUT2D eigenvalue weighted by molar-refractivity contribution is -0.131. The average Bonchev–Trinajstić information content (AvgIpc) is 2.42. The van der Waals surface area contributed by atoms with Crippen LogP contribution in [0.2, 0.25) is 0 Å². The molecule has 1 fully saturated rings. The number of ether oxygens (including phenoxy) is 1. The van der Waals surface area contributed by atoms with Gasteiger partial charge in [0, 0.05) is 38.3 Å². The van der Waals surface area contributed by atoms with E-state index in [0.29, 0.717) is 5.92 Å². The maximum absolute atomic E-state index is 6.29. The van der Waals surface area contributed by atoms with Crippen molar-refractivity contribution in [2.24, 2.45) is 11.7 Å². The van der Waals surface area contributed by atoms with Gasteiger partial charge in [-0.2, -0.15) is 0 Å². The number of likely N-dealkylation sites (N-methyl/N-ethyl adjacent to an activating group) is 1. The second kappa shape index (κ2) is 7.91. The molecule has 0 radical (unpaired) electrons. The Kier molecular flexibility index (Phi) is 7.11. The van der Waals surface area contributed by atoms with Crippen molar-refractivity contribution >= 4 is 0 Å². The first-order valence-electron chi connectivity index (χ1n) is 8.51. The van der Waals surface area contributed by atoms with Crippen molar-refractivity contribution in [3.05, 3.63) is 0 Å². The van der Waals surface area contributed by atoms with Gasteiger partial charge in [-0.3, -0.25) is 4.90 Å².